The number of carbonyl (C=O) groups is 4. The molecule has 0 bridgehead atoms. The first-order chi connectivity index (χ1) is 51.9. The molecule has 636 valence electrons. The van der Waals surface area contributed by atoms with Gasteiger partial charge < -0.3 is 33.8 Å². The minimum atomic E-state index is -4.97. The maximum absolute atomic E-state index is 13.2. The van der Waals surface area contributed by atoms with Crippen LogP contribution in [0.1, 0.15) is 472 Å². The summed E-state index contributed by atoms with van der Waals surface area (Å²) in [5.74, 6) is -0.477. The zero-order valence-corrected chi connectivity index (χ0v) is 72.2. The van der Waals surface area contributed by atoms with E-state index in [1.165, 1.54) is 289 Å². The minimum absolute atomic E-state index is 0.109. The topological polar surface area (TPSA) is 237 Å². The number of phosphoric acid groups is 2. The first kappa shape index (κ1) is 105. The molecule has 0 spiro atoms. The molecule has 0 saturated heterocycles. The van der Waals surface area contributed by atoms with E-state index in [9.17, 15) is 43.2 Å². The summed E-state index contributed by atoms with van der Waals surface area (Å²) < 4.78 is 69.0. The maximum Gasteiger partial charge on any atom is 0.472 e. The van der Waals surface area contributed by atoms with Crippen molar-refractivity contribution >= 4 is 39.5 Å². The second-order valence-corrected chi connectivity index (χ2v) is 35.5. The highest BCUT2D eigenvalue weighted by molar-refractivity contribution is 7.47. The molecule has 0 fully saturated rings. The normalized spacial score (nSPS) is 13.8. The van der Waals surface area contributed by atoms with Crippen LogP contribution in [0.3, 0.4) is 0 Å². The maximum atomic E-state index is 13.2. The number of unbranched alkanes of at least 4 members (excludes halogenated alkanes) is 57. The monoisotopic (exact) mass is 1560 g/mol. The van der Waals surface area contributed by atoms with E-state index in [0.717, 1.165) is 102 Å². The molecule has 3 N–H and O–H groups in total. The van der Waals surface area contributed by atoms with Gasteiger partial charge in [-0.15, -0.1) is 0 Å². The van der Waals surface area contributed by atoms with Gasteiger partial charge in [-0.2, -0.15) is 0 Å². The van der Waals surface area contributed by atoms with Crippen molar-refractivity contribution < 1.29 is 80.2 Å². The van der Waals surface area contributed by atoms with Gasteiger partial charge in [0.1, 0.15) is 19.3 Å². The highest BCUT2D eigenvalue weighted by atomic mass is 31.2. The second-order valence-electron chi connectivity index (χ2n) is 32.6. The molecule has 0 saturated carbocycles. The van der Waals surface area contributed by atoms with Crippen LogP contribution in [0.15, 0.2) is 0 Å². The summed E-state index contributed by atoms with van der Waals surface area (Å²) in [4.78, 5) is 73.3. The third-order valence-electron chi connectivity index (χ3n) is 20.7. The lowest BCUT2D eigenvalue weighted by Crippen LogP contribution is -2.30. The highest BCUT2D eigenvalue weighted by Gasteiger charge is 2.30. The number of phosphoric ester groups is 2. The molecule has 19 heteroatoms. The van der Waals surface area contributed by atoms with Crippen molar-refractivity contribution in [1.82, 2.24) is 0 Å². The number of ether oxygens (including phenoxy) is 4. The molecule has 0 aliphatic heterocycles. The van der Waals surface area contributed by atoms with E-state index in [2.05, 4.69) is 41.5 Å². The van der Waals surface area contributed by atoms with Crippen LogP contribution in [0, 0.1) is 11.8 Å². The van der Waals surface area contributed by atoms with Gasteiger partial charge >= 0.3 is 39.5 Å². The van der Waals surface area contributed by atoms with Crippen LogP contribution in [0.5, 0.6) is 0 Å². The summed E-state index contributed by atoms with van der Waals surface area (Å²) in [6.07, 6.45) is 72.1. The van der Waals surface area contributed by atoms with E-state index >= 15 is 0 Å². The number of aliphatic hydroxyl groups is 1. The Hall–Kier alpha value is -1.94. The summed E-state index contributed by atoms with van der Waals surface area (Å²) in [5, 5.41) is 10.7. The summed E-state index contributed by atoms with van der Waals surface area (Å²) >= 11 is 0. The number of carbonyl (C=O) groups excluding carboxylic acids is 4. The van der Waals surface area contributed by atoms with E-state index in [0.29, 0.717) is 25.7 Å². The lowest BCUT2D eigenvalue weighted by atomic mass is 10.0. The van der Waals surface area contributed by atoms with Gasteiger partial charge in [0.15, 0.2) is 12.2 Å². The van der Waals surface area contributed by atoms with Crippen LogP contribution in [0.25, 0.3) is 0 Å². The zero-order valence-electron chi connectivity index (χ0n) is 70.5. The minimum Gasteiger partial charge on any atom is -0.462 e. The van der Waals surface area contributed by atoms with Crippen molar-refractivity contribution in [1.29, 1.82) is 0 Å². The molecular weight excluding hydrogens is 1390 g/mol. The van der Waals surface area contributed by atoms with Crippen LogP contribution in [-0.2, 0) is 65.4 Å². The fourth-order valence-electron chi connectivity index (χ4n) is 13.8. The molecule has 0 heterocycles. The molecule has 0 radical (unpaired) electrons. The van der Waals surface area contributed by atoms with E-state index < -0.39 is 97.5 Å². The third kappa shape index (κ3) is 81.9. The average molecular weight is 1560 g/mol. The molecule has 0 aliphatic carbocycles. The lowest BCUT2D eigenvalue weighted by molar-refractivity contribution is -0.161. The first-order valence-corrected chi connectivity index (χ1v) is 48.5. The number of esters is 4. The Morgan fingerprint density at radius 2 is 0.430 bits per heavy atom. The van der Waals surface area contributed by atoms with Crippen molar-refractivity contribution in [3.05, 3.63) is 0 Å². The van der Waals surface area contributed by atoms with Gasteiger partial charge in [-0.25, -0.2) is 9.13 Å². The quantitative estimate of drug-likeness (QED) is 0.0222. The van der Waals surface area contributed by atoms with Gasteiger partial charge in [0, 0.05) is 25.7 Å². The largest absolute Gasteiger partial charge is 0.472 e. The van der Waals surface area contributed by atoms with Crippen LogP contribution in [0.4, 0.5) is 0 Å². The molecule has 0 rings (SSSR count). The predicted octanol–water partition coefficient (Wildman–Crippen LogP) is 27.0. The Kier molecular flexibility index (Phi) is 77.9. The molecule has 5 atom stereocenters. The van der Waals surface area contributed by atoms with Crippen molar-refractivity contribution in [3.8, 4) is 0 Å². The van der Waals surface area contributed by atoms with Crippen LogP contribution < -0.4 is 0 Å². The molecule has 107 heavy (non-hydrogen) atoms. The summed E-state index contributed by atoms with van der Waals surface area (Å²) in [6.45, 7) is 9.75. The molecular formula is C88H172O17P2. The van der Waals surface area contributed by atoms with E-state index in [4.69, 9.17) is 37.0 Å². The molecule has 0 aliphatic rings. The Morgan fingerprint density at radius 1 is 0.252 bits per heavy atom. The highest BCUT2D eigenvalue weighted by Crippen LogP contribution is 2.45. The second kappa shape index (κ2) is 79.3. The molecule has 2 unspecified atom stereocenters. The zero-order chi connectivity index (χ0) is 78.5. The summed E-state index contributed by atoms with van der Waals surface area (Å²) in [5.41, 5.74) is 0. The number of rotatable bonds is 87. The fraction of sp³-hybridized carbons (Fsp3) is 0.955. The van der Waals surface area contributed by atoms with Crippen molar-refractivity contribution in [3.63, 3.8) is 0 Å². The van der Waals surface area contributed by atoms with Crippen LogP contribution >= 0.6 is 15.6 Å². The summed E-state index contributed by atoms with van der Waals surface area (Å²) in [6, 6.07) is 0. The SMILES string of the molecule is CCCCCCCCCCCCCCCCCCCC(=O)O[C@H](COC(=O)CCCCCCCCCCCCCC)COP(=O)(O)OC[C@H](O)COP(=O)(O)OC[C@@H](COC(=O)CCCCCCCCCCCCCCCCC(C)C)OC(=O)CCCCCCCCCCCCCCCCCCCCC(C)C. The van der Waals surface area contributed by atoms with Crippen molar-refractivity contribution in [2.75, 3.05) is 39.6 Å². The van der Waals surface area contributed by atoms with Crippen molar-refractivity contribution in [2.24, 2.45) is 11.8 Å². The lowest BCUT2D eigenvalue weighted by Gasteiger charge is -2.21. The first-order valence-electron chi connectivity index (χ1n) is 45.5. The van der Waals surface area contributed by atoms with Gasteiger partial charge in [-0.05, 0) is 37.5 Å². The molecule has 0 aromatic heterocycles. The molecule has 0 amide bonds. The smallest absolute Gasteiger partial charge is 0.462 e. The fourth-order valence-corrected chi connectivity index (χ4v) is 15.4. The van der Waals surface area contributed by atoms with E-state index in [-0.39, 0.29) is 25.7 Å². The number of hydrogen-bond donors (Lipinski definition) is 3. The van der Waals surface area contributed by atoms with Crippen molar-refractivity contribution in [2.45, 2.75) is 490 Å². The number of aliphatic hydroxyl groups excluding tert-OH is 1. The molecule has 0 aromatic carbocycles. The van der Waals surface area contributed by atoms with Crippen LogP contribution in [-0.4, -0.2) is 96.7 Å². The van der Waals surface area contributed by atoms with Gasteiger partial charge in [-0.3, -0.25) is 37.3 Å². The van der Waals surface area contributed by atoms with E-state index in [1.807, 2.05) is 0 Å². The predicted molar refractivity (Wildman–Crippen MR) is 442 cm³/mol. The molecule has 0 aromatic rings. The Labute approximate surface area is 658 Å². The van der Waals surface area contributed by atoms with Gasteiger partial charge in [0.2, 0.25) is 0 Å². The third-order valence-corrected chi connectivity index (χ3v) is 22.6. The summed E-state index contributed by atoms with van der Waals surface area (Å²) in [7, 11) is -9.93. The average Bonchev–Trinajstić information content (AvgIpc) is 0.903. The Morgan fingerprint density at radius 3 is 0.636 bits per heavy atom. The molecule has 17 nitrogen and oxygen atoms in total. The van der Waals surface area contributed by atoms with Gasteiger partial charge in [0.05, 0.1) is 26.4 Å². The van der Waals surface area contributed by atoms with Gasteiger partial charge in [0.25, 0.3) is 0 Å². The standard InChI is InChI=1S/C88H172O17P2/c1-7-9-11-13-15-17-19-21-22-25-29-36-42-48-54-60-66-72-87(92)104-83(76-98-85(90)70-64-58-52-46-40-20-18-16-14-12-10-8-2)78-102-106(94,95)100-74-82(89)75-101-107(96,97)103-79-84(77-99-86(91)71-65-59-53-47-41-35-32-31-34-39-45-51-57-63-69-81(5)6)105-88(93)73-67-61-55-49-43-37-30-27-24-23-26-28-33-38-44-50-56-62-68-80(3)4/h80-84,89H,7-79H2,1-6H3,(H,94,95)(H,96,97)/t82-,83+,84+/m0/s1. The van der Waals surface area contributed by atoms with Gasteiger partial charge in [-0.1, -0.05) is 420 Å². The Balaban J connectivity index is 5.25. The number of hydrogen-bond acceptors (Lipinski definition) is 15. The Bertz CT molecular complexity index is 2050. The van der Waals surface area contributed by atoms with Crippen LogP contribution in [0.2, 0.25) is 0 Å². The van der Waals surface area contributed by atoms with E-state index in [1.54, 1.807) is 0 Å².